The summed E-state index contributed by atoms with van der Waals surface area (Å²) in [5.74, 6) is -0.602. The second-order valence-corrected chi connectivity index (χ2v) is 8.05. The molecule has 0 saturated carbocycles. The smallest absolute Gasteiger partial charge is 0.323 e. The van der Waals surface area contributed by atoms with E-state index in [1.54, 1.807) is 0 Å². The number of nitrogens with zero attached hydrogens (tertiary/aromatic N) is 1. The molecule has 5 heteroatoms. The third-order valence-electron chi connectivity index (χ3n) is 4.63. The van der Waals surface area contributed by atoms with Crippen LogP contribution in [0.25, 0.3) is 0 Å². The van der Waals surface area contributed by atoms with E-state index in [1.807, 2.05) is 86.3 Å². The highest BCUT2D eigenvalue weighted by molar-refractivity contribution is 5.84. The number of ether oxygens (including phenoxy) is 2. The predicted molar refractivity (Wildman–Crippen MR) is 106 cm³/mol. The van der Waals surface area contributed by atoms with Gasteiger partial charge in [-0.3, -0.25) is 14.5 Å². The molecular weight excluding hydrogens is 354 g/mol. The zero-order valence-electron chi connectivity index (χ0n) is 16.6. The van der Waals surface area contributed by atoms with E-state index >= 15 is 0 Å². The summed E-state index contributed by atoms with van der Waals surface area (Å²) in [6.45, 7) is 6.26. The number of likely N-dealkylation sites (tertiary alicyclic amines) is 1. The summed E-state index contributed by atoms with van der Waals surface area (Å²) < 4.78 is 11.0. The molecule has 148 valence electrons. The molecule has 1 aliphatic heterocycles. The van der Waals surface area contributed by atoms with E-state index in [2.05, 4.69) is 0 Å². The normalized spacial score (nSPS) is 19.5. The molecule has 2 aromatic rings. The highest BCUT2D eigenvalue weighted by Gasteiger charge is 2.48. The van der Waals surface area contributed by atoms with Gasteiger partial charge in [0, 0.05) is 6.54 Å². The van der Waals surface area contributed by atoms with Gasteiger partial charge in [-0.1, -0.05) is 60.7 Å². The van der Waals surface area contributed by atoms with Crippen LogP contribution in [-0.2, 0) is 32.2 Å². The van der Waals surface area contributed by atoms with E-state index in [1.165, 1.54) is 0 Å². The third-order valence-corrected chi connectivity index (χ3v) is 4.63. The van der Waals surface area contributed by atoms with E-state index in [0.29, 0.717) is 13.0 Å². The molecule has 1 aliphatic rings. The molecule has 0 aliphatic carbocycles. The van der Waals surface area contributed by atoms with Gasteiger partial charge in [0.2, 0.25) is 0 Å². The van der Waals surface area contributed by atoms with Crippen molar-refractivity contribution >= 4 is 11.9 Å². The number of hydrogen-bond donors (Lipinski definition) is 0. The number of esters is 2. The van der Waals surface area contributed by atoms with Crippen molar-refractivity contribution in [3.8, 4) is 0 Å². The summed E-state index contributed by atoms with van der Waals surface area (Å²) in [5.41, 5.74) is 1.42. The molecular formula is C23H27NO4. The Kier molecular flexibility index (Phi) is 6.15. The largest absolute Gasteiger partial charge is 0.460 e. The van der Waals surface area contributed by atoms with Gasteiger partial charge in [-0.15, -0.1) is 0 Å². The Morgan fingerprint density at radius 3 is 2.00 bits per heavy atom. The zero-order valence-corrected chi connectivity index (χ0v) is 16.6. The van der Waals surface area contributed by atoms with Crippen LogP contribution in [-0.4, -0.2) is 34.5 Å². The van der Waals surface area contributed by atoms with Crippen LogP contribution in [0.5, 0.6) is 0 Å². The van der Waals surface area contributed by atoms with Crippen LogP contribution >= 0.6 is 0 Å². The monoisotopic (exact) mass is 381 g/mol. The molecule has 5 nitrogen and oxygen atoms in total. The first-order valence-corrected chi connectivity index (χ1v) is 9.56. The molecule has 1 heterocycles. The molecule has 0 N–H and O–H groups in total. The molecule has 1 fully saturated rings. The number of rotatable bonds is 6. The molecule has 3 rings (SSSR count). The van der Waals surface area contributed by atoms with Gasteiger partial charge >= 0.3 is 11.9 Å². The fraction of sp³-hybridized carbons (Fsp3) is 0.391. The molecule has 0 radical (unpaired) electrons. The molecule has 0 unspecified atom stereocenters. The second-order valence-electron chi connectivity index (χ2n) is 8.05. The maximum atomic E-state index is 12.6. The van der Waals surface area contributed by atoms with Crippen LogP contribution in [0.2, 0.25) is 0 Å². The van der Waals surface area contributed by atoms with Gasteiger partial charge in [0.15, 0.2) is 0 Å². The molecule has 2 aromatic carbocycles. The van der Waals surface area contributed by atoms with Gasteiger partial charge in [0.25, 0.3) is 0 Å². The Morgan fingerprint density at radius 2 is 1.43 bits per heavy atom. The average Bonchev–Trinajstić information content (AvgIpc) is 2.64. The number of benzene rings is 2. The lowest BCUT2D eigenvalue weighted by Gasteiger charge is -2.46. The lowest BCUT2D eigenvalue weighted by atomic mass is 9.91. The van der Waals surface area contributed by atoms with Crippen molar-refractivity contribution in [1.29, 1.82) is 0 Å². The minimum Gasteiger partial charge on any atom is -0.460 e. The highest BCUT2D eigenvalue weighted by atomic mass is 16.6. The molecule has 0 amide bonds. The van der Waals surface area contributed by atoms with Crippen LogP contribution in [0, 0.1) is 0 Å². The van der Waals surface area contributed by atoms with Gasteiger partial charge in [0.1, 0.15) is 24.3 Å². The quantitative estimate of drug-likeness (QED) is 0.714. The molecule has 28 heavy (non-hydrogen) atoms. The number of hydrogen-bond acceptors (Lipinski definition) is 5. The average molecular weight is 381 g/mol. The zero-order chi connectivity index (χ0) is 20.1. The summed E-state index contributed by atoms with van der Waals surface area (Å²) >= 11 is 0. The summed E-state index contributed by atoms with van der Waals surface area (Å²) in [7, 11) is 0. The van der Waals surface area contributed by atoms with Crippen LogP contribution < -0.4 is 0 Å². The Labute approximate surface area is 166 Å². The lowest BCUT2D eigenvalue weighted by Crippen LogP contribution is -2.63. The number of carbonyl (C=O) groups excluding carboxylic acids is 2. The Hall–Kier alpha value is -2.66. The van der Waals surface area contributed by atoms with Crippen molar-refractivity contribution in [1.82, 2.24) is 4.90 Å². The molecule has 1 saturated heterocycles. The van der Waals surface area contributed by atoms with Crippen molar-refractivity contribution in [2.24, 2.45) is 0 Å². The van der Waals surface area contributed by atoms with Crippen molar-refractivity contribution in [3.05, 3.63) is 71.8 Å². The number of carbonyl (C=O) groups is 2. The van der Waals surface area contributed by atoms with Crippen molar-refractivity contribution in [2.75, 3.05) is 0 Å². The highest BCUT2D eigenvalue weighted by Crippen LogP contribution is 2.31. The van der Waals surface area contributed by atoms with Crippen LogP contribution in [0.1, 0.15) is 38.3 Å². The van der Waals surface area contributed by atoms with Crippen LogP contribution in [0.4, 0.5) is 0 Å². The molecule has 0 spiro atoms. The SMILES string of the molecule is CC(C)(C)OC(=O)[C@H]1C[C@@H](C(=O)OCc2ccccc2)N1Cc1ccccc1. The summed E-state index contributed by atoms with van der Waals surface area (Å²) in [4.78, 5) is 27.1. The van der Waals surface area contributed by atoms with Gasteiger partial charge in [-0.05, 0) is 38.3 Å². The first-order valence-electron chi connectivity index (χ1n) is 9.56. The van der Waals surface area contributed by atoms with Gasteiger partial charge in [-0.25, -0.2) is 0 Å². The maximum Gasteiger partial charge on any atom is 0.323 e. The van der Waals surface area contributed by atoms with Crippen LogP contribution in [0.3, 0.4) is 0 Å². The minimum absolute atomic E-state index is 0.229. The van der Waals surface area contributed by atoms with Gasteiger partial charge in [-0.2, -0.15) is 0 Å². The minimum atomic E-state index is -0.561. The van der Waals surface area contributed by atoms with Crippen molar-refractivity contribution in [3.63, 3.8) is 0 Å². The van der Waals surface area contributed by atoms with Gasteiger partial charge in [0.05, 0.1) is 0 Å². The Bertz CT molecular complexity index is 798. The fourth-order valence-corrected chi connectivity index (χ4v) is 3.23. The second kappa shape index (κ2) is 8.57. The standard InChI is InChI=1S/C23H27NO4/c1-23(2,3)28-22(26)20-14-19(24(20)15-17-10-6-4-7-11-17)21(25)27-16-18-12-8-5-9-13-18/h4-13,19-20H,14-16H2,1-3H3/t19-,20+/m0/s1. The third kappa shape index (κ3) is 5.20. The van der Waals surface area contributed by atoms with Gasteiger partial charge < -0.3 is 9.47 Å². The molecule has 0 bridgehead atoms. The molecule has 0 aromatic heterocycles. The van der Waals surface area contributed by atoms with E-state index in [4.69, 9.17) is 9.47 Å². The maximum absolute atomic E-state index is 12.6. The predicted octanol–water partition coefficient (Wildman–Crippen LogP) is 3.71. The van der Waals surface area contributed by atoms with E-state index in [9.17, 15) is 9.59 Å². The van der Waals surface area contributed by atoms with E-state index in [0.717, 1.165) is 11.1 Å². The van der Waals surface area contributed by atoms with Crippen molar-refractivity contribution in [2.45, 2.75) is 58.0 Å². The topological polar surface area (TPSA) is 55.8 Å². The van der Waals surface area contributed by atoms with Crippen LogP contribution in [0.15, 0.2) is 60.7 Å². The fourth-order valence-electron chi connectivity index (χ4n) is 3.23. The van der Waals surface area contributed by atoms with Crippen molar-refractivity contribution < 1.29 is 19.1 Å². The van der Waals surface area contributed by atoms with E-state index < -0.39 is 17.7 Å². The first-order chi connectivity index (χ1) is 13.3. The lowest BCUT2D eigenvalue weighted by molar-refractivity contribution is -0.178. The Morgan fingerprint density at radius 1 is 0.893 bits per heavy atom. The Balaban J connectivity index is 1.67. The summed E-state index contributed by atoms with van der Waals surface area (Å²) in [5, 5.41) is 0. The summed E-state index contributed by atoms with van der Waals surface area (Å²) in [6, 6.07) is 18.5. The van der Waals surface area contributed by atoms with E-state index in [-0.39, 0.29) is 18.5 Å². The first kappa shape index (κ1) is 20.1. The molecule has 2 atom stereocenters. The summed E-state index contributed by atoms with van der Waals surface area (Å²) in [6.07, 6.45) is 0.412.